The molecule has 3 rings (SSSR count). The molecule has 0 aliphatic carbocycles. The normalized spacial score (nSPS) is 11.5. The number of carbonyl (C=O) groups excluding carboxylic acids is 1. The van der Waals surface area contributed by atoms with E-state index in [4.69, 9.17) is 16.3 Å². The maximum Gasteiger partial charge on any atom is 0.417 e. The molecule has 2 aromatic heterocycles. The number of nitrogens with zero attached hydrogens (tertiary/aromatic N) is 3. The van der Waals surface area contributed by atoms with Gasteiger partial charge in [0, 0.05) is 11.9 Å². The van der Waals surface area contributed by atoms with Crippen molar-refractivity contribution in [3.05, 3.63) is 53.2 Å². The Kier molecular flexibility index (Phi) is 4.49. The van der Waals surface area contributed by atoms with Gasteiger partial charge in [-0.2, -0.15) is 13.2 Å². The molecule has 0 aliphatic heterocycles. The maximum atomic E-state index is 12.8. The first-order valence-corrected chi connectivity index (χ1v) is 7.31. The van der Waals surface area contributed by atoms with E-state index in [0.717, 1.165) is 12.1 Å². The van der Waals surface area contributed by atoms with Crippen molar-refractivity contribution in [2.75, 3.05) is 11.9 Å². The van der Waals surface area contributed by atoms with Crippen LogP contribution in [0.25, 0.3) is 5.65 Å². The first-order valence-electron chi connectivity index (χ1n) is 6.94. The van der Waals surface area contributed by atoms with Gasteiger partial charge in [0.2, 0.25) is 0 Å². The highest BCUT2D eigenvalue weighted by atomic mass is 35.5. The molecule has 0 spiro atoms. The molecule has 1 amide bonds. The van der Waals surface area contributed by atoms with Crippen LogP contribution in [-0.4, -0.2) is 27.1 Å². The van der Waals surface area contributed by atoms with E-state index in [1.54, 1.807) is 24.4 Å². The van der Waals surface area contributed by atoms with E-state index in [9.17, 15) is 18.0 Å². The largest absolute Gasteiger partial charge is 0.453 e. The molecule has 2 heterocycles. The standard InChI is InChI=1S/C15H10ClF3N4O2/c16-11-5-4-9(7-10(11)15(17,18)19)20-13(24)8-25-14-22-21-12-3-1-2-6-23(12)14/h1-7H,8H2,(H,20,24). The summed E-state index contributed by atoms with van der Waals surface area (Å²) < 4.78 is 45.2. The number of hydrogen-bond donors (Lipinski definition) is 1. The molecule has 130 valence electrons. The lowest BCUT2D eigenvalue weighted by atomic mass is 10.2. The molecule has 0 fully saturated rings. The van der Waals surface area contributed by atoms with Crippen LogP contribution in [0.1, 0.15) is 5.56 Å². The monoisotopic (exact) mass is 370 g/mol. The molecule has 0 bridgehead atoms. The van der Waals surface area contributed by atoms with E-state index >= 15 is 0 Å². The van der Waals surface area contributed by atoms with Gasteiger partial charge in [-0.25, -0.2) is 0 Å². The Balaban J connectivity index is 1.67. The van der Waals surface area contributed by atoms with Crippen LogP contribution in [0.3, 0.4) is 0 Å². The molecule has 0 radical (unpaired) electrons. The Labute approximate surface area is 144 Å². The second kappa shape index (κ2) is 6.60. The number of carbonyl (C=O) groups is 1. The van der Waals surface area contributed by atoms with Gasteiger partial charge in [-0.05, 0) is 30.3 Å². The topological polar surface area (TPSA) is 68.5 Å². The quantitative estimate of drug-likeness (QED) is 0.764. The van der Waals surface area contributed by atoms with E-state index in [-0.39, 0.29) is 11.7 Å². The fourth-order valence-electron chi connectivity index (χ4n) is 2.07. The number of anilines is 1. The number of nitrogens with one attached hydrogen (secondary N) is 1. The number of halogens is 4. The van der Waals surface area contributed by atoms with Crippen LogP contribution in [0, 0.1) is 0 Å². The van der Waals surface area contributed by atoms with Crippen LogP contribution in [-0.2, 0) is 11.0 Å². The Morgan fingerprint density at radius 1 is 1.24 bits per heavy atom. The first kappa shape index (κ1) is 17.0. The number of hydrogen-bond acceptors (Lipinski definition) is 4. The minimum Gasteiger partial charge on any atom is -0.453 e. The molecule has 0 saturated carbocycles. The van der Waals surface area contributed by atoms with Crippen molar-refractivity contribution < 1.29 is 22.7 Å². The molecule has 25 heavy (non-hydrogen) atoms. The number of ether oxygens (including phenoxy) is 1. The number of fused-ring (bicyclic) bond motifs is 1. The van der Waals surface area contributed by atoms with Crippen LogP contribution in [0.2, 0.25) is 5.02 Å². The molecule has 0 atom stereocenters. The summed E-state index contributed by atoms with van der Waals surface area (Å²) in [5.41, 5.74) is -0.543. The molecule has 1 aromatic carbocycles. The third-order valence-corrected chi connectivity index (χ3v) is 3.50. The average Bonchev–Trinajstić information content (AvgIpc) is 2.97. The summed E-state index contributed by atoms with van der Waals surface area (Å²) in [6, 6.07) is 8.38. The summed E-state index contributed by atoms with van der Waals surface area (Å²) >= 11 is 5.53. The van der Waals surface area contributed by atoms with Crippen molar-refractivity contribution in [1.82, 2.24) is 14.6 Å². The van der Waals surface area contributed by atoms with Crippen molar-refractivity contribution in [3.8, 4) is 6.01 Å². The van der Waals surface area contributed by atoms with Gasteiger partial charge in [0.15, 0.2) is 12.3 Å². The molecule has 0 unspecified atom stereocenters. The van der Waals surface area contributed by atoms with Gasteiger partial charge in [-0.3, -0.25) is 9.20 Å². The van der Waals surface area contributed by atoms with Gasteiger partial charge in [0.05, 0.1) is 10.6 Å². The number of rotatable bonds is 4. The van der Waals surface area contributed by atoms with Gasteiger partial charge in [0.1, 0.15) is 0 Å². The van der Waals surface area contributed by atoms with Crippen LogP contribution in [0.5, 0.6) is 6.01 Å². The SMILES string of the molecule is O=C(COc1nnc2ccccn12)Nc1ccc(Cl)c(C(F)(F)F)c1. The fourth-order valence-corrected chi connectivity index (χ4v) is 2.29. The summed E-state index contributed by atoms with van der Waals surface area (Å²) in [5.74, 6) is -0.650. The minimum absolute atomic E-state index is 0.0450. The molecule has 10 heteroatoms. The Hall–Kier alpha value is -2.81. The second-order valence-electron chi connectivity index (χ2n) is 4.94. The summed E-state index contributed by atoms with van der Waals surface area (Å²) in [7, 11) is 0. The predicted molar refractivity (Wildman–Crippen MR) is 83.6 cm³/mol. The molecular weight excluding hydrogens is 361 g/mol. The van der Waals surface area contributed by atoms with E-state index < -0.39 is 29.3 Å². The predicted octanol–water partition coefficient (Wildman–Crippen LogP) is 3.42. The van der Waals surface area contributed by atoms with Gasteiger partial charge < -0.3 is 10.1 Å². The van der Waals surface area contributed by atoms with Gasteiger partial charge >= 0.3 is 12.2 Å². The number of aromatic nitrogens is 3. The van der Waals surface area contributed by atoms with Crippen molar-refractivity contribution in [1.29, 1.82) is 0 Å². The van der Waals surface area contributed by atoms with E-state index in [0.29, 0.717) is 5.65 Å². The Morgan fingerprint density at radius 2 is 2.04 bits per heavy atom. The zero-order chi connectivity index (χ0) is 18.0. The lowest BCUT2D eigenvalue weighted by molar-refractivity contribution is -0.137. The number of alkyl halides is 3. The Bertz CT molecular complexity index is 927. The molecule has 0 aliphatic rings. The lowest BCUT2D eigenvalue weighted by Gasteiger charge is -2.11. The highest BCUT2D eigenvalue weighted by Crippen LogP contribution is 2.36. The molecule has 6 nitrogen and oxygen atoms in total. The highest BCUT2D eigenvalue weighted by Gasteiger charge is 2.33. The smallest absolute Gasteiger partial charge is 0.417 e. The van der Waals surface area contributed by atoms with Crippen molar-refractivity contribution in [3.63, 3.8) is 0 Å². The van der Waals surface area contributed by atoms with Gasteiger partial charge in [-0.15, -0.1) is 5.10 Å². The highest BCUT2D eigenvalue weighted by molar-refractivity contribution is 6.31. The average molecular weight is 371 g/mol. The second-order valence-corrected chi connectivity index (χ2v) is 5.35. The maximum absolute atomic E-state index is 12.8. The molecule has 0 saturated heterocycles. The summed E-state index contributed by atoms with van der Waals surface area (Å²) in [5, 5.41) is 9.49. The van der Waals surface area contributed by atoms with Gasteiger partial charge in [-0.1, -0.05) is 22.8 Å². The summed E-state index contributed by atoms with van der Waals surface area (Å²) in [6.45, 7) is -0.445. The van der Waals surface area contributed by atoms with Crippen LogP contribution >= 0.6 is 11.6 Å². The summed E-state index contributed by atoms with van der Waals surface area (Å²) in [4.78, 5) is 11.9. The van der Waals surface area contributed by atoms with Crippen molar-refractivity contribution in [2.45, 2.75) is 6.18 Å². The zero-order valence-corrected chi connectivity index (χ0v) is 13.2. The van der Waals surface area contributed by atoms with Gasteiger partial charge in [0.25, 0.3) is 5.91 Å². The van der Waals surface area contributed by atoms with E-state index in [1.807, 2.05) is 0 Å². The summed E-state index contributed by atoms with van der Waals surface area (Å²) in [6.07, 6.45) is -2.97. The van der Waals surface area contributed by atoms with Crippen LogP contribution in [0.15, 0.2) is 42.6 Å². The Morgan fingerprint density at radius 3 is 2.80 bits per heavy atom. The molecule has 3 aromatic rings. The first-order chi connectivity index (χ1) is 11.8. The fraction of sp³-hybridized carbons (Fsp3) is 0.133. The molecular formula is C15H10ClF3N4O2. The number of pyridine rings is 1. The van der Waals surface area contributed by atoms with Crippen LogP contribution in [0.4, 0.5) is 18.9 Å². The van der Waals surface area contributed by atoms with E-state index in [1.165, 1.54) is 10.5 Å². The molecule has 1 N–H and O–H groups in total. The van der Waals surface area contributed by atoms with Crippen molar-refractivity contribution >= 4 is 28.8 Å². The zero-order valence-electron chi connectivity index (χ0n) is 12.4. The van der Waals surface area contributed by atoms with Crippen molar-refractivity contribution in [2.24, 2.45) is 0 Å². The van der Waals surface area contributed by atoms with Crippen LogP contribution < -0.4 is 10.1 Å². The van der Waals surface area contributed by atoms with E-state index in [2.05, 4.69) is 15.5 Å². The third-order valence-electron chi connectivity index (χ3n) is 3.17. The minimum atomic E-state index is -4.62. The lowest BCUT2D eigenvalue weighted by Crippen LogP contribution is -2.21. The number of amides is 1. The number of benzene rings is 1. The third kappa shape index (κ3) is 3.82.